The molecule has 0 atom stereocenters. The zero-order valence-electron chi connectivity index (χ0n) is 30.4. The van der Waals surface area contributed by atoms with Gasteiger partial charge in [-0.1, -0.05) is 182 Å². The Kier molecular flexibility index (Phi) is 7.39. The summed E-state index contributed by atoms with van der Waals surface area (Å²) in [5.41, 5.74) is 15.2. The first-order chi connectivity index (χ1) is 27.8. The van der Waals surface area contributed by atoms with Crippen molar-refractivity contribution in [2.45, 2.75) is 5.41 Å². The van der Waals surface area contributed by atoms with Gasteiger partial charge < -0.3 is 4.42 Å². The maximum Gasteiger partial charge on any atom is 0.161 e. The van der Waals surface area contributed by atoms with Crippen molar-refractivity contribution < 1.29 is 4.42 Å². The molecular weight excluding hydrogens is 681 g/mol. The summed E-state index contributed by atoms with van der Waals surface area (Å²) < 4.78 is 6.78. The summed E-state index contributed by atoms with van der Waals surface area (Å²) in [4.78, 5) is 10.8. The quantitative estimate of drug-likeness (QED) is 0.172. The molecule has 8 aromatic carbocycles. The molecule has 2 aromatic heterocycles. The lowest BCUT2D eigenvalue weighted by molar-refractivity contribution is 0.670. The molecule has 3 nitrogen and oxygen atoms in total. The first-order valence-corrected chi connectivity index (χ1v) is 19.1. The van der Waals surface area contributed by atoms with E-state index in [9.17, 15) is 0 Å². The number of aromatic nitrogens is 2. The van der Waals surface area contributed by atoms with Gasteiger partial charge in [0.1, 0.15) is 11.2 Å². The van der Waals surface area contributed by atoms with Gasteiger partial charge in [0, 0.05) is 33.0 Å². The Hall–Kier alpha value is -7.36. The summed E-state index contributed by atoms with van der Waals surface area (Å²) in [7, 11) is 0. The van der Waals surface area contributed by atoms with Gasteiger partial charge >= 0.3 is 0 Å². The van der Waals surface area contributed by atoms with Crippen molar-refractivity contribution in [2.24, 2.45) is 0 Å². The molecule has 3 heteroatoms. The molecular formula is C53H34N2O. The Labute approximate surface area is 325 Å². The average Bonchev–Trinajstić information content (AvgIpc) is 3.81. The third-order valence-electron chi connectivity index (χ3n) is 11.4. The van der Waals surface area contributed by atoms with Crippen molar-refractivity contribution in [2.75, 3.05) is 0 Å². The Morgan fingerprint density at radius 1 is 0.357 bits per heavy atom. The number of fused-ring (bicyclic) bond motifs is 6. The molecule has 262 valence electrons. The highest BCUT2D eigenvalue weighted by atomic mass is 16.3. The van der Waals surface area contributed by atoms with Crippen LogP contribution in [0.15, 0.2) is 211 Å². The highest BCUT2D eigenvalue weighted by Gasteiger charge is 2.46. The average molecular weight is 715 g/mol. The van der Waals surface area contributed by atoms with Gasteiger partial charge in [-0.15, -0.1) is 0 Å². The molecule has 0 unspecified atom stereocenters. The molecule has 0 fully saturated rings. The Morgan fingerprint density at radius 3 is 1.55 bits per heavy atom. The van der Waals surface area contributed by atoms with Gasteiger partial charge in [0.25, 0.3) is 0 Å². The van der Waals surface area contributed by atoms with E-state index in [0.717, 1.165) is 61.1 Å². The number of furan rings is 1. The summed E-state index contributed by atoms with van der Waals surface area (Å²) in [6.07, 6.45) is 0. The maximum atomic E-state index is 6.78. The molecule has 0 N–H and O–H groups in total. The summed E-state index contributed by atoms with van der Waals surface area (Å²) >= 11 is 0. The number of rotatable bonds is 6. The molecule has 1 aliphatic carbocycles. The van der Waals surface area contributed by atoms with Crippen LogP contribution in [0.5, 0.6) is 0 Å². The van der Waals surface area contributed by atoms with Crippen LogP contribution in [0.25, 0.3) is 78.1 Å². The number of nitrogens with zero attached hydrogens (tertiary/aromatic N) is 2. The minimum atomic E-state index is -0.578. The minimum absolute atomic E-state index is 0.578. The van der Waals surface area contributed by atoms with Gasteiger partial charge in [-0.05, 0) is 63.2 Å². The molecule has 0 saturated carbocycles. The van der Waals surface area contributed by atoms with Crippen LogP contribution in [0.1, 0.15) is 22.3 Å². The number of benzene rings is 8. The fraction of sp³-hybridized carbons (Fsp3) is 0.0189. The standard InChI is InChI=1S/C53H34N2O/c1-5-18-35(19-6-1)48-34-49(36-20-7-2-8-21-36)55-52(54-48)45-32-44-39-26-13-15-30-46(39)53(37-22-9-3-10-23-37,38-24-11-4-12-25-38)47(44)33-43(45)42-29-17-28-41-40-27-14-16-31-50(40)56-51(41)42/h1-34H. The molecule has 0 saturated heterocycles. The van der Waals surface area contributed by atoms with E-state index in [1.165, 1.54) is 33.4 Å². The van der Waals surface area contributed by atoms with Crippen LogP contribution in [-0.2, 0) is 5.41 Å². The highest BCUT2D eigenvalue weighted by molar-refractivity contribution is 6.11. The predicted molar refractivity (Wildman–Crippen MR) is 228 cm³/mol. The summed E-state index contributed by atoms with van der Waals surface area (Å²) in [6, 6.07) is 73.2. The van der Waals surface area contributed by atoms with Gasteiger partial charge in [-0.3, -0.25) is 0 Å². The van der Waals surface area contributed by atoms with Crippen LogP contribution < -0.4 is 0 Å². The lowest BCUT2D eigenvalue weighted by Gasteiger charge is -2.34. The normalized spacial score (nSPS) is 12.8. The van der Waals surface area contributed by atoms with Crippen molar-refractivity contribution in [3.05, 3.63) is 229 Å². The first kappa shape index (κ1) is 32.1. The van der Waals surface area contributed by atoms with E-state index >= 15 is 0 Å². The first-order valence-electron chi connectivity index (χ1n) is 19.1. The van der Waals surface area contributed by atoms with E-state index in [0.29, 0.717) is 5.82 Å². The van der Waals surface area contributed by atoms with E-state index < -0.39 is 5.41 Å². The Balaban J connectivity index is 1.29. The van der Waals surface area contributed by atoms with Gasteiger partial charge in [0.05, 0.1) is 16.8 Å². The fourth-order valence-corrected chi connectivity index (χ4v) is 8.94. The Morgan fingerprint density at radius 2 is 0.893 bits per heavy atom. The van der Waals surface area contributed by atoms with E-state index in [-0.39, 0.29) is 0 Å². The zero-order chi connectivity index (χ0) is 37.1. The van der Waals surface area contributed by atoms with Gasteiger partial charge in [-0.25, -0.2) is 9.97 Å². The second kappa shape index (κ2) is 12.9. The van der Waals surface area contributed by atoms with Crippen LogP contribution in [0, 0.1) is 0 Å². The van der Waals surface area contributed by atoms with Crippen molar-refractivity contribution >= 4 is 21.9 Å². The van der Waals surface area contributed by atoms with Crippen molar-refractivity contribution in [1.82, 2.24) is 9.97 Å². The zero-order valence-corrected chi connectivity index (χ0v) is 30.4. The maximum absolute atomic E-state index is 6.78. The van der Waals surface area contributed by atoms with Crippen molar-refractivity contribution in [1.29, 1.82) is 0 Å². The topological polar surface area (TPSA) is 38.9 Å². The second-order valence-corrected chi connectivity index (χ2v) is 14.4. The third-order valence-corrected chi connectivity index (χ3v) is 11.4. The third kappa shape index (κ3) is 4.91. The van der Waals surface area contributed by atoms with Crippen molar-refractivity contribution in [3.63, 3.8) is 0 Å². The molecule has 1 aliphatic rings. The molecule has 0 spiro atoms. The number of hydrogen-bond acceptors (Lipinski definition) is 3. The SMILES string of the molecule is c1ccc(-c2cc(-c3ccccc3)nc(-c3cc4c(cc3-c3cccc5c3oc3ccccc35)C(c3ccccc3)(c3ccccc3)c3ccccc3-4)n2)cc1. The number of hydrogen-bond donors (Lipinski definition) is 0. The molecule has 0 amide bonds. The van der Waals surface area contributed by atoms with Gasteiger partial charge in [0.15, 0.2) is 5.82 Å². The predicted octanol–water partition coefficient (Wildman–Crippen LogP) is 13.4. The van der Waals surface area contributed by atoms with Crippen LogP contribution in [0.4, 0.5) is 0 Å². The van der Waals surface area contributed by atoms with E-state index in [2.05, 4.69) is 182 Å². The van der Waals surface area contributed by atoms with Crippen LogP contribution in [0.2, 0.25) is 0 Å². The van der Waals surface area contributed by atoms with E-state index in [1.807, 2.05) is 24.3 Å². The smallest absolute Gasteiger partial charge is 0.161 e. The molecule has 0 radical (unpaired) electrons. The largest absolute Gasteiger partial charge is 0.455 e. The van der Waals surface area contributed by atoms with Gasteiger partial charge in [-0.2, -0.15) is 0 Å². The second-order valence-electron chi connectivity index (χ2n) is 14.4. The monoisotopic (exact) mass is 714 g/mol. The lowest BCUT2D eigenvalue weighted by Crippen LogP contribution is -2.28. The summed E-state index contributed by atoms with van der Waals surface area (Å²) in [5.74, 6) is 0.658. The summed E-state index contributed by atoms with van der Waals surface area (Å²) in [5, 5.41) is 2.17. The summed E-state index contributed by atoms with van der Waals surface area (Å²) in [6.45, 7) is 0. The molecule has 0 aliphatic heterocycles. The van der Waals surface area contributed by atoms with E-state index in [4.69, 9.17) is 14.4 Å². The molecule has 56 heavy (non-hydrogen) atoms. The fourth-order valence-electron chi connectivity index (χ4n) is 8.94. The highest BCUT2D eigenvalue weighted by Crippen LogP contribution is 2.58. The number of para-hydroxylation sites is 2. The van der Waals surface area contributed by atoms with Gasteiger partial charge in [0.2, 0.25) is 0 Å². The van der Waals surface area contributed by atoms with E-state index in [1.54, 1.807) is 0 Å². The molecule has 11 rings (SSSR count). The van der Waals surface area contributed by atoms with Crippen LogP contribution in [0.3, 0.4) is 0 Å². The molecule has 10 aromatic rings. The Bertz CT molecular complexity index is 2960. The van der Waals surface area contributed by atoms with Crippen LogP contribution in [-0.4, -0.2) is 9.97 Å². The molecule has 0 bridgehead atoms. The van der Waals surface area contributed by atoms with Crippen molar-refractivity contribution in [3.8, 4) is 56.2 Å². The minimum Gasteiger partial charge on any atom is -0.455 e. The lowest BCUT2D eigenvalue weighted by atomic mass is 9.67. The molecule has 2 heterocycles. The van der Waals surface area contributed by atoms with Crippen LogP contribution >= 0.6 is 0 Å².